The number of aryl methyl sites for hydroxylation is 1. The van der Waals surface area contributed by atoms with E-state index in [1.807, 2.05) is 32.0 Å². The van der Waals surface area contributed by atoms with E-state index in [-0.39, 0.29) is 6.03 Å². The van der Waals surface area contributed by atoms with Crippen LogP contribution in [-0.2, 0) is 6.54 Å². The number of carbonyl (C=O) groups excluding carboxylic acids is 1. The molecule has 0 fully saturated rings. The topological polar surface area (TPSA) is 56.1 Å². The number of nitrogens with one attached hydrogen (secondary N) is 1. The van der Waals surface area contributed by atoms with Crippen LogP contribution in [0.15, 0.2) is 48.5 Å². The fraction of sp³-hybridized carbons (Fsp3) is 0.222. The van der Waals surface area contributed by atoms with E-state index in [0.29, 0.717) is 24.3 Å². The lowest BCUT2D eigenvalue weighted by atomic mass is 10.1. The lowest BCUT2D eigenvalue weighted by Gasteiger charge is -2.21. The highest BCUT2D eigenvalue weighted by Gasteiger charge is 2.12. The van der Waals surface area contributed by atoms with Gasteiger partial charge in [0.25, 0.3) is 0 Å². The molecule has 0 spiro atoms. The Balaban J connectivity index is 2.03. The van der Waals surface area contributed by atoms with Gasteiger partial charge in [-0.15, -0.1) is 0 Å². The minimum Gasteiger partial charge on any atom is -0.320 e. The predicted octanol–water partition coefficient (Wildman–Crippen LogP) is 3.92. The van der Waals surface area contributed by atoms with Gasteiger partial charge in [-0.2, -0.15) is 5.26 Å². The van der Waals surface area contributed by atoms with Crippen LogP contribution in [0, 0.1) is 18.3 Å². The van der Waals surface area contributed by atoms with E-state index in [9.17, 15) is 4.79 Å². The molecule has 2 rings (SSSR count). The summed E-state index contributed by atoms with van der Waals surface area (Å²) in [7, 11) is 0. The largest absolute Gasteiger partial charge is 0.322 e. The molecule has 4 heteroatoms. The Morgan fingerprint density at radius 2 is 1.95 bits per heavy atom. The van der Waals surface area contributed by atoms with E-state index in [1.54, 1.807) is 29.2 Å². The molecule has 0 aliphatic rings. The SMILES string of the molecule is CCN(Cc1cccc(C)c1)C(=O)Nc1ccc(C#N)cc1. The van der Waals surface area contributed by atoms with E-state index in [2.05, 4.69) is 17.5 Å². The van der Waals surface area contributed by atoms with Gasteiger partial charge in [-0.3, -0.25) is 0 Å². The molecule has 0 bridgehead atoms. The quantitative estimate of drug-likeness (QED) is 0.928. The fourth-order valence-corrected chi connectivity index (χ4v) is 2.19. The minimum absolute atomic E-state index is 0.145. The van der Waals surface area contributed by atoms with Gasteiger partial charge in [-0.25, -0.2) is 4.79 Å². The van der Waals surface area contributed by atoms with Gasteiger partial charge in [-0.05, 0) is 43.7 Å². The van der Waals surface area contributed by atoms with Crippen LogP contribution in [0.2, 0.25) is 0 Å². The second-order valence-electron chi connectivity index (χ2n) is 5.12. The summed E-state index contributed by atoms with van der Waals surface area (Å²) in [5.41, 5.74) is 3.55. The van der Waals surface area contributed by atoms with Crippen molar-refractivity contribution in [3.8, 4) is 6.07 Å². The maximum atomic E-state index is 12.3. The smallest absolute Gasteiger partial charge is 0.320 e. The molecule has 0 atom stereocenters. The molecule has 0 aliphatic carbocycles. The van der Waals surface area contributed by atoms with Crippen LogP contribution >= 0.6 is 0 Å². The maximum absolute atomic E-state index is 12.3. The number of hydrogen-bond acceptors (Lipinski definition) is 2. The third-order valence-corrected chi connectivity index (χ3v) is 3.39. The minimum atomic E-state index is -0.145. The first kappa shape index (κ1) is 15.6. The number of amides is 2. The number of rotatable bonds is 4. The van der Waals surface area contributed by atoms with Gasteiger partial charge in [-0.1, -0.05) is 29.8 Å². The Kier molecular flexibility index (Phi) is 5.16. The molecule has 0 aliphatic heterocycles. The van der Waals surface area contributed by atoms with Gasteiger partial charge in [0.15, 0.2) is 0 Å². The number of nitrogens with zero attached hydrogens (tertiary/aromatic N) is 2. The summed E-state index contributed by atoms with van der Waals surface area (Å²) in [5, 5.41) is 11.6. The van der Waals surface area contributed by atoms with Crippen LogP contribution in [0.1, 0.15) is 23.6 Å². The first-order chi connectivity index (χ1) is 10.6. The van der Waals surface area contributed by atoms with E-state index < -0.39 is 0 Å². The summed E-state index contributed by atoms with van der Waals surface area (Å²) in [5.74, 6) is 0. The van der Waals surface area contributed by atoms with Crippen LogP contribution in [0.25, 0.3) is 0 Å². The van der Waals surface area contributed by atoms with Gasteiger partial charge in [0, 0.05) is 18.8 Å². The fourth-order valence-electron chi connectivity index (χ4n) is 2.19. The zero-order chi connectivity index (χ0) is 15.9. The van der Waals surface area contributed by atoms with Crippen molar-refractivity contribution in [2.75, 3.05) is 11.9 Å². The molecular formula is C18H19N3O. The second kappa shape index (κ2) is 7.28. The first-order valence-corrected chi connectivity index (χ1v) is 7.24. The van der Waals surface area contributed by atoms with Gasteiger partial charge >= 0.3 is 6.03 Å². The Hall–Kier alpha value is -2.80. The molecule has 0 aromatic heterocycles. The molecule has 0 unspecified atom stereocenters. The number of carbonyl (C=O) groups is 1. The van der Waals surface area contributed by atoms with E-state index in [0.717, 1.165) is 5.56 Å². The predicted molar refractivity (Wildman–Crippen MR) is 87.4 cm³/mol. The molecule has 0 saturated carbocycles. The average molecular weight is 293 g/mol. The van der Waals surface area contributed by atoms with Crippen molar-refractivity contribution >= 4 is 11.7 Å². The van der Waals surface area contributed by atoms with Crippen molar-refractivity contribution in [3.05, 3.63) is 65.2 Å². The molecule has 0 saturated heterocycles. The number of anilines is 1. The Morgan fingerprint density at radius 3 is 2.55 bits per heavy atom. The lowest BCUT2D eigenvalue weighted by molar-refractivity contribution is 0.212. The van der Waals surface area contributed by atoms with Gasteiger partial charge in [0.1, 0.15) is 0 Å². The summed E-state index contributed by atoms with van der Waals surface area (Å²) >= 11 is 0. The van der Waals surface area contributed by atoms with E-state index in [4.69, 9.17) is 5.26 Å². The van der Waals surface area contributed by atoms with Crippen molar-refractivity contribution < 1.29 is 4.79 Å². The van der Waals surface area contributed by atoms with Crippen molar-refractivity contribution in [1.82, 2.24) is 4.90 Å². The van der Waals surface area contributed by atoms with Crippen LogP contribution in [0.5, 0.6) is 0 Å². The summed E-state index contributed by atoms with van der Waals surface area (Å²) in [6, 6.07) is 16.9. The molecular weight excluding hydrogens is 274 g/mol. The number of hydrogen-bond donors (Lipinski definition) is 1. The van der Waals surface area contributed by atoms with E-state index in [1.165, 1.54) is 5.56 Å². The van der Waals surface area contributed by atoms with Crippen molar-refractivity contribution in [1.29, 1.82) is 5.26 Å². The van der Waals surface area contributed by atoms with Gasteiger partial charge < -0.3 is 10.2 Å². The normalized spacial score (nSPS) is 9.86. The molecule has 22 heavy (non-hydrogen) atoms. The summed E-state index contributed by atoms with van der Waals surface area (Å²) < 4.78 is 0. The Labute approximate surface area is 131 Å². The molecule has 2 amide bonds. The summed E-state index contributed by atoms with van der Waals surface area (Å²) in [4.78, 5) is 14.1. The maximum Gasteiger partial charge on any atom is 0.322 e. The Bertz CT molecular complexity index is 686. The molecule has 2 aromatic carbocycles. The Morgan fingerprint density at radius 1 is 1.23 bits per heavy atom. The van der Waals surface area contributed by atoms with Gasteiger partial charge in [0.2, 0.25) is 0 Å². The number of benzene rings is 2. The highest BCUT2D eigenvalue weighted by atomic mass is 16.2. The van der Waals surface area contributed by atoms with Crippen molar-refractivity contribution in [3.63, 3.8) is 0 Å². The monoisotopic (exact) mass is 293 g/mol. The van der Waals surface area contributed by atoms with E-state index >= 15 is 0 Å². The zero-order valence-corrected chi connectivity index (χ0v) is 12.8. The third kappa shape index (κ3) is 4.10. The molecule has 112 valence electrons. The molecule has 4 nitrogen and oxygen atoms in total. The lowest BCUT2D eigenvalue weighted by Crippen LogP contribution is -2.34. The van der Waals surface area contributed by atoms with Crippen molar-refractivity contribution in [2.45, 2.75) is 20.4 Å². The summed E-state index contributed by atoms with van der Waals surface area (Å²) in [6.45, 7) is 5.18. The zero-order valence-electron chi connectivity index (χ0n) is 12.8. The molecule has 1 N–H and O–H groups in total. The van der Waals surface area contributed by atoms with Crippen LogP contribution < -0.4 is 5.32 Å². The molecule has 0 heterocycles. The summed E-state index contributed by atoms with van der Waals surface area (Å²) in [6.07, 6.45) is 0. The van der Waals surface area contributed by atoms with Crippen LogP contribution in [0.4, 0.5) is 10.5 Å². The van der Waals surface area contributed by atoms with Crippen molar-refractivity contribution in [2.24, 2.45) is 0 Å². The third-order valence-electron chi connectivity index (χ3n) is 3.39. The standard InChI is InChI=1S/C18H19N3O/c1-3-21(13-16-6-4-5-14(2)11-16)18(22)20-17-9-7-15(12-19)8-10-17/h4-11H,3,13H2,1-2H3,(H,20,22). The molecule has 0 radical (unpaired) electrons. The second-order valence-corrected chi connectivity index (χ2v) is 5.12. The van der Waals surface area contributed by atoms with Crippen LogP contribution in [0.3, 0.4) is 0 Å². The highest BCUT2D eigenvalue weighted by molar-refractivity contribution is 5.89. The highest BCUT2D eigenvalue weighted by Crippen LogP contribution is 2.12. The van der Waals surface area contributed by atoms with Crippen LogP contribution in [-0.4, -0.2) is 17.5 Å². The first-order valence-electron chi connectivity index (χ1n) is 7.24. The number of urea groups is 1. The number of nitriles is 1. The average Bonchev–Trinajstić information content (AvgIpc) is 2.53. The molecule has 2 aromatic rings. The van der Waals surface area contributed by atoms with Gasteiger partial charge in [0.05, 0.1) is 11.6 Å².